The zero-order chi connectivity index (χ0) is 19.6. The van der Waals surface area contributed by atoms with Gasteiger partial charge in [-0.25, -0.2) is 12.8 Å². The van der Waals surface area contributed by atoms with E-state index < -0.39 is 15.8 Å². The first-order valence-electron chi connectivity index (χ1n) is 8.89. The molecule has 0 unspecified atom stereocenters. The topological polar surface area (TPSA) is 79.5 Å². The Morgan fingerprint density at radius 2 is 1.59 bits per heavy atom. The maximum Gasteiger partial charge on any atom is 0.247 e. The molecule has 4 rings (SSSR count). The van der Waals surface area contributed by atoms with Gasteiger partial charge < -0.3 is 4.42 Å². The summed E-state index contributed by atoms with van der Waals surface area (Å²) in [5.41, 5.74) is 0.849. The Labute approximate surface area is 174 Å². The fourth-order valence-electron chi connectivity index (χ4n) is 3.13. The number of hydrogen-bond acceptors (Lipinski definition) is 6. The molecule has 0 bridgehead atoms. The van der Waals surface area contributed by atoms with E-state index in [9.17, 15) is 12.8 Å². The molecule has 3 aromatic rings. The van der Waals surface area contributed by atoms with Crippen molar-refractivity contribution in [3.8, 4) is 11.5 Å². The van der Waals surface area contributed by atoms with Crippen molar-refractivity contribution >= 4 is 22.4 Å². The first kappa shape index (κ1) is 21.4. The maximum absolute atomic E-state index is 13.9. The third kappa shape index (κ3) is 4.64. The summed E-state index contributed by atoms with van der Waals surface area (Å²) in [6.07, 6.45) is 0. The van der Waals surface area contributed by atoms with Crippen molar-refractivity contribution in [3.63, 3.8) is 0 Å². The molecular formula is C19H20ClFN4O3S. The van der Waals surface area contributed by atoms with Crippen LogP contribution in [0.1, 0.15) is 5.89 Å². The van der Waals surface area contributed by atoms with Crippen LogP contribution in [-0.4, -0.2) is 54.0 Å². The molecule has 1 aliphatic rings. The average Bonchev–Trinajstić information content (AvgIpc) is 3.18. The summed E-state index contributed by atoms with van der Waals surface area (Å²) in [5.74, 6) is 0.199. The van der Waals surface area contributed by atoms with Gasteiger partial charge in [-0.15, -0.1) is 22.6 Å². The Morgan fingerprint density at radius 3 is 2.28 bits per heavy atom. The molecule has 1 aromatic heterocycles. The van der Waals surface area contributed by atoms with Gasteiger partial charge in [0.2, 0.25) is 21.8 Å². The lowest BCUT2D eigenvalue weighted by Crippen LogP contribution is -2.48. The average molecular weight is 439 g/mol. The smallest absolute Gasteiger partial charge is 0.247 e. The van der Waals surface area contributed by atoms with Crippen molar-refractivity contribution in [2.75, 3.05) is 26.2 Å². The summed E-state index contributed by atoms with van der Waals surface area (Å²) < 4.78 is 46.2. The molecule has 1 aliphatic heterocycles. The van der Waals surface area contributed by atoms with Gasteiger partial charge in [-0.1, -0.05) is 30.3 Å². The van der Waals surface area contributed by atoms with E-state index in [1.165, 1.54) is 22.5 Å². The first-order valence-corrected chi connectivity index (χ1v) is 10.3. The van der Waals surface area contributed by atoms with Crippen molar-refractivity contribution in [3.05, 3.63) is 66.3 Å². The lowest BCUT2D eigenvalue weighted by atomic mass is 10.2. The SMILES string of the molecule is Cl.O=S(=O)(c1ccccc1F)N1CCN(Cc2nnc(-c3ccccc3)o2)CC1. The number of piperazine rings is 1. The highest BCUT2D eigenvalue weighted by Crippen LogP contribution is 2.22. The Hall–Kier alpha value is -2.33. The van der Waals surface area contributed by atoms with Crippen molar-refractivity contribution in [2.45, 2.75) is 11.4 Å². The third-order valence-corrected chi connectivity index (χ3v) is 6.56. The lowest BCUT2D eigenvalue weighted by Gasteiger charge is -2.33. The Bertz CT molecular complexity index is 1050. The largest absolute Gasteiger partial charge is 0.419 e. The number of rotatable bonds is 5. The predicted molar refractivity (Wildman–Crippen MR) is 107 cm³/mol. The van der Waals surface area contributed by atoms with Crippen LogP contribution in [0.2, 0.25) is 0 Å². The summed E-state index contributed by atoms with van der Waals surface area (Å²) in [6, 6.07) is 14.9. The van der Waals surface area contributed by atoms with E-state index in [0.717, 1.165) is 11.6 Å². The molecule has 0 spiro atoms. The van der Waals surface area contributed by atoms with E-state index in [1.54, 1.807) is 0 Å². The number of benzene rings is 2. The van der Waals surface area contributed by atoms with Gasteiger partial charge in [-0.3, -0.25) is 4.90 Å². The molecule has 1 saturated heterocycles. The minimum atomic E-state index is -3.84. The molecule has 154 valence electrons. The lowest BCUT2D eigenvalue weighted by molar-refractivity contribution is 0.168. The molecule has 0 saturated carbocycles. The molecule has 0 aliphatic carbocycles. The monoisotopic (exact) mass is 438 g/mol. The van der Waals surface area contributed by atoms with Crippen LogP contribution < -0.4 is 0 Å². The second kappa shape index (κ2) is 9.00. The highest BCUT2D eigenvalue weighted by Gasteiger charge is 2.30. The van der Waals surface area contributed by atoms with E-state index in [0.29, 0.717) is 31.4 Å². The quantitative estimate of drug-likeness (QED) is 0.609. The van der Waals surface area contributed by atoms with Crippen LogP contribution in [0.15, 0.2) is 63.9 Å². The summed E-state index contributed by atoms with van der Waals surface area (Å²) in [5, 5.41) is 8.14. The van der Waals surface area contributed by atoms with Gasteiger partial charge in [0.25, 0.3) is 0 Å². The van der Waals surface area contributed by atoms with Gasteiger partial charge >= 0.3 is 0 Å². The number of halogens is 2. The summed E-state index contributed by atoms with van der Waals surface area (Å²) in [4.78, 5) is 1.75. The summed E-state index contributed by atoms with van der Waals surface area (Å²) >= 11 is 0. The van der Waals surface area contributed by atoms with E-state index in [2.05, 4.69) is 10.2 Å². The standard InChI is InChI=1S/C19H19FN4O3S.ClH/c20-16-8-4-5-9-17(16)28(25,26)24-12-10-23(11-13-24)14-18-21-22-19(27-18)15-6-2-1-3-7-15;/h1-9H,10-14H2;1H. The molecule has 29 heavy (non-hydrogen) atoms. The van der Waals surface area contributed by atoms with Gasteiger partial charge in [0.1, 0.15) is 10.7 Å². The van der Waals surface area contributed by atoms with E-state index >= 15 is 0 Å². The molecule has 2 aromatic carbocycles. The van der Waals surface area contributed by atoms with E-state index in [4.69, 9.17) is 4.42 Å². The number of aromatic nitrogens is 2. The van der Waals surface area contributed by atoms with Gasteiger partial charge in [-0.05, 0) is 24.3 Å². The van der Waals surface area contributed by atoms with Crippen LogP contribution in [-0.2, 0) is 16.6 Å². The van der Waals surface area contributed by atoms with Crippen molar-refractivity contribution in [2.24, 2.45) is 0 Å². The second-order valence-corrected chi connectivity index (χ2v) is 8.38. The fraction of sp³-hybridized carbons (Fsp3) is 0.263. The van der Waals surface area contributed by atoms with Crippen molar-refractivity contribution in [1.82, 2.24) is 19.4 Å². The Morgan fingerprint density at radius 1 is 0.931 bits per heavy atom. The maximum atomic E-state index is 13.9. The Balaban J connectivity index is 0.00000240. The second-order valence-electron chi connectivity index (χ2n) is 6.48. The molecule has 0 amide bonds. The van der Waals surface area contributed by atoms with Crippen LogP contribution in [0.4, 0.5) is 4.39 Å². The van der Waals surface area contributed by atoms with Crippen LogP contribution in [0.25, 0.3) is 11.5 Å². The summed E-state index contributed by atoms with van der Waals surface area (Å²) in [7, 11) is -3.84. The molecular weight excluding hydrogens is 419 g/mol. The van der Waals surface area contributed by atoms with Gasteiger partial charge in [0.15, 0.2) is 0 Å². The zero-order valence-electron chi connectivity index (χ0n) is 15.4. The zero-order valence-corrected chi connectivity index (χ0v) is 17.1. The van der Waals surface area contributed by atoms with Crippen LogP contribution in [0.3, 0.4) is 0 Å². The first-order chi connectivity index (χ1) is 13.5. The third-order valence-electron chi connectivity index (χ3n) is 4.63. The van der Waals surface area contributed by atoms with Crippen LogP contribution in [0, 0.1) is 5.82 Å². The normalized spacial score (nSPS) is 15.8. The van der Waals surface area contributed by atoms with Crippen LogP contribution in [0.5, 0.6) is 0 Å². The Kier molecular flexibility index (Phi) is 6.63. The van der Waals surface area contributed by atoms with Crippen LogP contribution >= 0.6 is 12.4 Å². The highest BCUT2D eigenvalue weighted by atomic mass is 35.5. The molecule has 0 atom stereocenters. The molecule has 10 heteroatoms. The van der Waals surface area contributed by atoms with Gasteiger partial charge in [0, 0.05) is 31.7 Å². The molecule has 0 radical (unpaired) electrons. The molecule has 0 N–H and O–H groups in total. The van der Waals surface area contributed by atoms with Gasteiger partial charge in [-0.2, -0.15) is 4.31 Å². The highest BCUT2D eigenvalue weighted by molar-refractivity contribution is 7.89. The number of sulfonamides is 1. The number of nitrogens with zero attached hydrogens (tertiary/aromatic N) is 4. The van der Waals surface area contributed by atoms with E-state index in [-0.39, 0.29) is 30.4 Å². The van der Waals surface area contributed by atoms with Crippen molar-refractivity contribution in [1.29, 1.82) is 0 Å². The molecule has 1 fully saturated rings. The molecule has 2 heterocycles. The van der Waals surface area contributed by atoms with Gasteiger partial charge in [0.05, 0.1) is 6.54 Å². The van der Waals surface area contributed by atoms with E-state index in [1.807, 2.05) is 35.2 Å². The summed E-state index contributed by atoms with van der Waals surface area (Å²) in [6.45, 7) is 1.98. The predicted octanol–water partition coefficient (Wildman–Crippen LogP) is 2.80. The minimum Gasteiger partial charge on any atom is -0.419 e. The molecule has 7 nitrogen and oxygen atoms in total. The fourth-order valence-corrected chi connectivity index (χ4v) is 4.61. The van der Waals surface area contributed by atoms with Crippen molar-refractivity contribution < 1.29 is 17.2 Å². The number of hydrogen-bond donors (Lipinski definition) is 0. The minimum absolute atomic E-state index is 0.